The first kappa shape index (κ1) is 13.1. The van der Waals surface area contributed by atoms with Gasteiger partial charge in [0.25, 0.3) is 0 Å². The summed E-state index contributed by atoms with van der Waals surface area (Å²) in [6.07, 6.45) is 4.00. The number of hydrogen-bond donors (Lipinski definition) is 1. The van der Waals surface area contributed by atoms with Gasteiger partial charge in [-0.05, 0) is 36.5 Å². The number of piperazine rings is 1. The third-order valence-corrected chi connectivity index (χ3v) is 4.41. The lowest BCUT2D eigenvalue weighted by Gasteiger charge is -2.35. The molecule has 1 saturated carbocycles. The first-order chi connectivity index (χ1) is 9.24. The van der Waals surface area contributed by atoms with Crippen molar-refractivity contribution in [2.75, 3.05) is 26.2 Å². The zero-order valence-corrected chi connectivity index (χ0v) is 11.7. The molecule has 3 rings (SSSR count). The predicted octanol–water partition coefficient (Wildman–Crippen LogP) is 2.88. The van der Waals surface area contributed by atoms with Crippen molar-refractivity contribution in [1.82, 2.24) is 10.2 Å². The third-order valence-electron chi connectivity index (χ3n) is 4.41. The molecule has 3 heteroatoms. The summed E-state index contributed by atoms with van der Waals surface area (Å²) >= 11 is 0. The Labute approximate surface area is 115 Å². The number of halogens is 1. The van der Waals surface area contributed by atoms with Gasteiger partial charge in [-0.1, -0.05) is 25.0 Å². The molecule has 0 aromatic heterocycles. The summed E-state index contributed by atoms with van der Waals surface area (Å²) in [4.78, 5) is 2.57. The Balaban J connectivity index is 1.81. The summed E-state index contributed by atoms with van der Waals surface area (Å²) in [5, 5.41) is 3.41. The van der Waals surface area contributed by atoms with Gasteiger partial charge in [0.1, 0.15) is 5.82 Å². The fraction of sp³-hybridized carbons (Fsp3) is 0.625. The van der Waals surface area contributed by atoms with Crippen molar-refractivity contribution < 1.29 is 4.39 Å². The van der Waals surface area contributed by atoms with Crippen molar-refractivity contribution in [3.63, 3.8) is 0 Å². The molecule has 1 atom stereocenters. The number of rotatable bonds is 4. The van der Waals surface area contributed by atoms with Crippen LogP contribution in [0.4, 0.5) is 4.39 Å². The standard InChI is InChI=1S/C16H23FN2/c1-12-10-14(4-5-15(12)17)16(11-13-2-3-13)19-8-6-18-7-9-19/h4-5,10,13,16,18H,2-3,6-9,11H2,1H3/t16-/m1/s1. The smallest absolute Gasteiger partial charge is 0.126 e. The molecule has 19 heavy (non-hydrogen) atoms. The quantitative estimate of drug-likeness (QED) is 0.897. The van der Waals surface area contributed by atoms with Crippen LogP contribution in [0.2, 0.25) is 0 Å². The van der Waals surface area contributed by atoms with Crippen molar-refractivity contribution in [2.24, 2.45) is 5.92 Å². The first-order valence-corrected chi connectivity index (χ1v) is 7.45. The summed E-state index contributed by atoms with van der Waals surface area (Å²) in [7, 11) is 0. The highest BCUT2D eigenvalue weighted by molar-refractivity contribution is 5.27. The lowest BCUT2D eigenvalue weighted by Crippen LogP contribution is -2.45. The largest absolute Gasteiger partial charge is 0.314 e. The Kier molecular flexibility index (Phi) is 3.85. The van der Waals surface area contributed by atoms with E-state index in [1.54, 1.807) is 6.07 Å². The molecule has 0 radical (unpaired) electrons. The van der Waals surface area contributed by atoms with Crippen LogP contribution in [0, 0.1) is 18.7 Å². The maximum atomic E-state index is 13.5. The molecule has 2 aliphatic rings. The molecule has 0 spiro atoms. The summed E-state index contributed by atoms with van der Waals surface area (Å²) in [6.45, 7) is 6.22. The molecule has 0 unspecified atom stereocenters. The molecule has 1 N–H and O–H groups in total. The van der Waals surface area contributed by atoms with Gasteiger partial charge in [-0.3, -0.25) is 4.90 Å². The van der Waals surface area contributed by atoms with E-state index in [4.69, 9.17) is 0 Å². The van der Waals surface area contributed by atoms with Gasteiger partial charge in [-0.25, -0.2) is 4.39 Å². The minimum absolute atomic E-state index is 0.0887. The number of nitrogens with zero attached hydrogens (tertiary/aromatic N) is 1. The van der Waals surface area contributed by atoms with E-state index in [2.05, 4.69) is 10.2 Å². The van der Waals surface area contributed by atoms with Crippen molar-refractivity contribution >= 4 is 0 Å². The van der Waals surface area contributed by atoms with Crippen molar-refractivity contribution in [2.45, 2.75) is 32.2 Å². The molecular weight excluding hydrogens is 239 g/mol. The molecular formula is C16H23FN2. The summed E-state index contributed by atoms with van der Waals surface area (Å²) in [5.74, 6) is 0.805. The highest BCUT2D eigenvalue weighted by Gasteiger charge is 2.30. The van der Waals surface area contributed by atoms with Gasteiger partial charge in [0, 0.05) is 32.2 Å². The SMILES string of the molecule is Cc1cc([C@@H](CC2CC2)N2CCNCC2)ccc1F. The number of hydrogen-bond acceptors (Lipinski definition) is 2. The molecule has 1 aromatic rings. The molecule has 1 heterocycles. The minimum atomic E-state index is -0.0887. The monoisotopic (exact) mass is 262 g/mol. The Morgan fingerprint density at radius 3 is 2.68 bits per heavy atom. The highest BCUT2D eigenvalue weighted by atomic mass is 19.1. The maximum Gasteiger partial charge on any atom is 0.126 e. The average molecular weight is 262 g/mol. The molecule has 0 bridgehead atoms. The Hall–Kier alpha value is -0.930. The summed E-state index contributed by atoms with van der Waals surface area (Å²) < 4.78 is 13.5. The lowest BCUT2D eigenvalue weighted by atomic mass is 9.97. The van der Waals surface area contributed by atoms with Crippen LogP contribution in [-0.2, 0) is 0 Å². The zero-order chi connectivity index (χ0) is 13.2. The van der Waals surface area contributed by atoms with E-state index in [1.165, 1.54) is 24.8 Å². The fourth-order valence-electron chi connectivity index (χ4n) is 3.03. The highest BCUT2D eigenvalue weighted by Crippen LogP contribution is 2.40. The first-order valence-electron chi connectivity index (χ1n) is 7.45. The van der Waals surface area contributed by atoms with Gasteiger partial charge >= 0.3 is 0 Å². The van der Waals surface area contributed by atoms with E-state index in [1.807, 2.05) is 19.1 Å². The number of aryl methyl sites for hydroxylation is 1. The molecule has 1 aromatic carbocycles. The van der Waals surface area contributed by atoms with E-state index in [0.717, 1.165) is 37.7 Å². The van der Waals surface area contributed by atoms with Gasteiger partial charge in [-0.2, -0.15) is 0 Å². The van der Waals surface area contributed by atoms with E-state index in [0.29, 0.717) is 6.04 Å². The van der Waals surface area contributed by atoms with Crippen molar-refractivity contribution in [1.29, 1.82) is 0 Å². The van der Waals surface area contributed by atoms with Crippen molar-refractivity contribution in [3.8, 4) is 0 Å². The van der Waals surface area contributed by atoms with Gasteiger partial charge in [-0.15, -0.1) is 0 Å². The van der Waals surface area contributed by atoms with Crippen LogP contribution in [0.1, 0.15) is 36.4 Å². The second-order valence-corrected chi connectivity index (χ2v) is 5.99. The molecule has 104 valence electrons. The molecule has 1 saturated heterocycles. The lowest BCUT2D eigenvalue weighted by molar-refractivity contribution is 0.160. The Morgan fingerprint density at radius 2 is 2.05 bits per heavy atom. The van der Waals surface area contributed by atoms with E-state index < -0.39 is 0 Å². The van der Waals surface area contributed by atoms with Crippen LogP contribution >= 0.6 is 0 Å². The van der Waals surface area contributed by atoms with Gasteiger partial charge < -0.3 is 5.32 Å². The predicted molar refractivity (Wildman–Crippen MR) is 75.7 cm³/mol. The van der Waals surface area contributed by atoms with Crippen LogP contribution in [0.25, 0.3) is 0 Å². The second kappa shape index (κ2) is 5.59. The Morgan fingerprint density at radius 1 is 1.32 bits per heavy atom. The third kappa shape index (κ3) is 3.15. The summed E-state index contributed by atoms with van der Waals surface area (Å²) in [5.41, 5.74) is 2.07. The normalized spacial score (nSPS) is 22.4. The molecule has 2 nitrogen and oxygen atoms in total. The van der Waals surface area contributed by atoms with Crippen LogP contribution in [0.15, 0.2) is 18.2 Å². The van der Waals surface area contributed by atoms with Crippen LogP contribution in [-0.4, -0.2) is 31.1 Å². The van der Waals surface area contributed by atoms with E-state index >= 15 is 0 Å². The maximum absolute atomic E-state index is 13.5. The van der Waals surface area contributed by atoms with Crippen molar-refractivity contribution in [3.05, 3.63) is 35.1 Å². The van der Waals surface area contributed by atoms with Gasteiger partial charge in [0.05, 0.1) is 0 Å². The van der Waals surface area contributed by atoms with Gasteiger partial charge in [0.2, 0.25) is 0 Å². The number of benzene rings is 1. The van der Waals surface area contributed by atoms with Gasteiger partial charge in [0.15, 0.2) is 0 Å². The van der Waals surface area contributed by atoms with Crippen LogP contribution in [0.3, 0.4) is 0 Å². The fourth-order valence-corrected chi connectivity index (χ4v) is 3.03. The minimum Gasteiger partial charge on any atom is -0.314 e. The topological polar surface area (TPSA) is 15.3 Å². The zero-order valence-electron chi connectivity index (χ0n) is 11.7. The Bertz CT molecular complexity index is 436. The molecule has 0 amide bonds. The summed E-state index contributed by atoms with van der Waals surface area (Å²) in [6, 6.07) is 6.14. The van der Waals surface area contributed by atoms with Crippen LogP contribution < -0.4 is 5.32 Å². The second-order valence-electron chi connectivity index (χ2n) is 5.99. The molecule has 1 aliphatic carbocycles. The number of nitrogens with one attached hydrogen (secondary N) is 1. The van der Waals surface area contributed by atoms with Crippen LogP contribution in [0.5, 0.6) is 0 Å². The van der Waals surface area contributed by atoms with E-state index in [9.17, 15) is 4.39 Å². The van der Waals surface area contributed by atoms with E-state index in [-0.39, 0.29) is 5.82 Å². The molecule has 2 fully saturated rings. The average Bonchev–Trinajstić information content (AvgIpc) is 3.24. The molecule has 1 aliphatic heterocycles.